The van der Waals surface area contributed by atoms with Crippen LogP contribution in [0.15, 0.2) is 12.3 Å². The average molecular weight is 364 g/mol. The summed E-state index contributed by atoms with van der Waals surface area (Å²) >= 11 is 0. The largest absolute Gasteiger partial charge is 0.491 e. The summed E-state index contributed by atoms with van der Waals surface area (Å²) in [6.45, 7) is 2.24. The number of allylic oxidation sites excluding steroid dienone is 1. The minimum absolute atomic E-state index is 0.642. The van der Waals surface area contributed by atoms with Crippen molar-refractivity contribution >= 4 is 5.97 Å². The molecular weight excluding hydrogens is 329 g/mol. The van der Waals surface area contributed by atoms with Crippen molar-refractivity contribution < 1.29 is 22.7 Å². The molecule has 0 spiro atoms. The van der Waals surface area contributed by atoms with E-state index in [2.05, 4.69) is 11.7 Å². The zero-order chi connectivity index (χ0) is 18.8. The van der Waals surface area contributed by atoms with Crippen molar-refractivity contribution in [1.82, 2.24) is 0 Å². The van der Waals surface area contributed by atoms with E-state index in [-0.39, 0.29) is 0 Å². The molecule has 0 aromatic rings. The molecule has 5 heteroatoms. The fourth-order valence-corrected chi connectivity index (χ4v) is 2.70. The van der Waals surface area contributed by atoms with Crippen LogP contribution in [0.4, 0.5) is 13.2 Å². The number of carbonyl (C=O) groups is 1. The van der Waals surface area contributed by atoms with Gasteiger partial charge in [-0.05, 0) is 18.9 Å². The Kier molecular flexibility index (Phi) is 15.8. The first-order chi connectivity index (χ1) is 12.0. The molecule has 0 unspecified atom stereocenters. The molecule has 0 aromatic carbocycles. The lowest BCUT2D eigenvalue weighted by molar-refractivity contribution is -0.193. The van der Waals surface area contributed by atoms with Gasteiger partial charge in [-0.1, -0.05) is 90.4 Å². The smallest absolute Gasteiger partial charge is 0.428 e. The highest BCUT2D eigenvalue weighted by Crippen LogP contribution is 2.17. The number of esters is 1. The van der Waals surface area contributed by atoms with Gasteiger partial charge in [0.2, 0.25) is 0 Å². The fourth-order valence-electron chi connectivity index (χ4n) is 2.70. The Morgan fingerprint density at radius 3 is 1.56 bits per heavy atom. The highest BCUT2D eigenvalue weighted by Gasteiger charge is 2.40. The van der Waals surface area contributed by atoms with Crippen molar-refractivity contribution in [2.75, 3.05) is 0 Å². The SMILES string of the molecule is CCCCCCCCCCCCCCCC/C=C/OC(=O)C(F)(F)F. The number of halogens is 3. The van der Waals surface area contributed by atoms with Gasteiger partial charge in [0.1, 0.15) is 0 Å². The molecule has 0 N–H and O–H groups in total. The number of hydrogen-bond acceptors (Lipinski definition) is 2. The molecule has 0 radical (unpaired) electrons. The van der Waals surface area contributed by atoms with E-state index in [1.807, 2.05) is 0 Å². The molecule has 0 atom stereocenters. The molecule has 0 saturated carbocycles. The minimum Gasteiger partial charge on any atom is -0.428 e. The Bertz CT molecular complexity index is 338. The van der Waals surface area contributed by atoms with Gasteiger partial charge in [-0.25, -0.2) is 4.79 Å². The molecule has 2 nitrogen and oxygen atoms in total. The summed E-state index contributed by atoms with van der Waals surface area (Å²) in [7, 11) is 0. The topological polar surface area (TPSA) is 26.3 Å². The van der Waals surface area contributed by atoms with Crippen LogP contribution in [0.5, 0.6) is 0 Å². The van der Waals surface area contributed by atoms with E-state index in [0.717, 1.165) is 25.5 Å². The zero-order valence-electron chi connectivity index (χ0n) is 15.7. The molecule has 0 aromatic heterocycles. The van der Waals surface area contributed by atoms with Crippen molar-refractivity contribution in [3.63, 3.8) is 0 Å². The first-order valence-electron chi connectivity index (χ1n) is 9.91. The monoisotopic (exact) mass is 364 g/mol. The molecule has 0 aliphatic heterocycles. The van der Waals surface area contributed by atoms with Crippen LogP contribution in [0.25, 0.3) is 0 Å². The molecule has 0 aliphatic carbocycles. The molecular formula is C20H35F3O2. The normalized spacial score (nSPS) is 12.0. The van der Waals surface area contributed by atoms with E-state index in [1.165, 1.54) is 76.7 Å². The van der Waals surface area contributed by atoms with E-state index in [1.54, 1.807) is 0 Å². The van der Waals surface area contributed by atoms with Gasteiger partial charge in [0, 0.05) is 0 Å². The zero-order valence-corrected chi connectivity index (χ0v) is 15.7. The van der Waals surface area contributed by atoms with Crippen molar-refractivity contribution in [2.45, 2.75) is 109 Å². The van der Waals surface area contributed by atoms with Gasteiger partial charge in [-0.2, -0.15) is 13.2 Å². The van der Waals surface area contributed by atoms with Crippen LogP contribution in [0, 0.1) is 0 Å². The third-order valence-electron chi connectivity index (χ3n) is 4.23. The van der Waals surface area contributed by atoms with Crippen molar-refractivity contribution in [1.29, 1.82) is 0 Å². The Hall–Kier alpha value is -1.00. The molecule has 0 amide bonds. The molecule has 0 fully saturated rings. The van der Waals surface area contributed by atoms with Gasteiger partial charge < -0.3 is 4.74 Å². The Balaban J connectivity index is 3.20. The van der Waals surface area contributed by atoms with E-state index in [4.69, 9.17) is 0 Å². The molecule has 25 heavy (non-hydrogen) atoms. The Labute approximate surface area is 151 Å². The summed E-state index contributed by atoms with van der Waals surface area (Å²) in [5.74, 6) is -2.16. The maximum absolute atomic E-state index is 11.8. The second-order valence-electron chi connectivity index (χ2n) is 6.66. The maximum atomic E-state index is 11.8. The van der Waals surface area contributed by atoms with E-state index in [9.17, 15) is 18.0 Å². The predicted octanol–water partition coefficient (Wildman–Crippen LogP) is 7.48. The van der Waals surface area contributed by atoms with E-state index >= 15 is 0 Å². The number of hydrogen-bond donors (Lipinski definition) is 0. The van der Waals surface area contributed by atoms with Gasteiger partial charge in [0.05, 0.1) is 6.26 Å². The van der Waals surface area contributed by atoms with Crippen molar-refractivity contribution in [3.8, 4) is 0 Å². The molecule has 148 valence electrons. The quantitative estimate of drug-likeness (QED) is 0.161. The van der Waals surface area contributed by atoms with Crippen LogP contribution in [-0.2, 0) is 9.53 Å². The van der Waals surface area contributed by atoms with Crippen molar-refractivity contribution in [3.05, 3.63) is 12.3 Å². The van der Waals surface area contributed by atoms with E-state index < -0.39 is 12.1 Å². The van der Waals surface area contributed by atoms with Crippen LogP contribution < -0.4 is 0 Å². The summed E-state index contributed by atoms with van der Waals surface area (Å²) in [6.07, 6.45) is 15.9. The van der Waals surface area contributed by atoms with Gasteiger partial charge >= 0.3 is 12.1 Å². The predicted molar refractivity (Wildman–Crippen MR) is 96.2 cm³/mol. The number of alkyl halides is 3. The summed E-state index contributed by atoms with van der Waals surface area (Å²) in [5, 5.41) is 0. The second kappa shape index (κ2) is 16.5. The Morgan fingerprint density at radius 1 is 0.760 bits per heavy atom. The van der Waals surface area contributed by atoms with Gasteiger partial charge in [0.25, 0.3) is 0 Å². The summed E-state index contributed by atoms with van der Waals surface area (Å²) in [6, 6.07) is 0. The molecule has 0 heterocycles. The number of unbranched alkanes of at least 4 members (excludes halogenated alkanes) is 14. The van der Waals surface area contributed by atoms with Gasteiger partial charge in [-0.3, -0.25) is 0 Å². The molecule has 0 saturated heterocycles. The highest BCUT2D eigenvalue weighted by molar-refractivity contribution is 5.76. The molecule has 0 bridgehead atoms. The Morgan fingerprint density at radius 2 is 1.16 bits per heavy atom. The van der Waals surface area contributed by atoms with Gasteiger partial charge in [-0.15, -0.1) is 0 Å². The molecule has 0 aliphatic rings. The highest BCUT2D eigenvalue weighted by atomic mass is 19.4. The second-order valence-corrected chi connectivity index (χ2v) is 6.66. The lowest BCUT2D eigenvalue weighted by atomic mass is 10.0. The van der Waals surface area contributed by atoms with Crippen LogP contribution in [0.2, 0.25) is 0 Å². The average Bonchev–Trinajstić information content (AvgIpc) is 2.56. The maximum Gasteiger partial charge on any atom is 0.491 e. The third kappa shape index (κ3) is 17.6. The first kappa shape index (κ1) is 24.0. The number of carbonyl (C=O) groups excluding carboxylic acids is 1. The number of ether oxygens (including phenoxy) is 1. The summed E-state index contributed by atoms with van der Waals surface area (Å²) < 4.78 is 39.5. The van der Waals surface area contributed by atoms with Crippen LogP contribution in [0.3, 0.4) is 0 Å². The van der Waals surface area contributed by atoms with Crippen molar-refractivity contribution in [2.24, 2.45) is 0 Å². The first-order valence-corrected chi connectivity index (χ1v) is 9.91. The van der Waals surface area contributed by atoms with Crippen LogP contribution >= 0.6 is 0 Å². The van der Waals surface area contributed by atoms with Crippen LogP contribution in [-0.4, -0.2) is 12.1 Å². The lowest BCUT2D eigenvalue weighted by Gasteiger charge is -2.03. The van der Waals surface area contributed by atoms with Gasteiger partial charge in [0.15, 0.2) is 0 Å². The third-order valence-corrected chi connectivity index (χ3v) is 4.23. The fraction of sp³-hybridized carbons (Fsp3) is 0.850. The lowest BCUT2D eigenvalue weighted by Crippen LogP contribution is -2.23. The standard InChI is InChI=1S/C20H35F3O2/c1-2-3-4-5-6-7-8-9-10-11-12-13-14-15-16-17-18-25-19(24)20(21,22)23/h17-18H,2-16H2,1H3/b18-17+. The minimum atomic E-state index is -4.92. The molecule has 0 rings (SSSR count). The number of rotatable bonds is 16. The van der Waals surface area contributed by atoms with Crippen LogP contribution in [0.1, 0.15) is 103 Å². The summed E-state index contributed by atoms with van der Waals surface area (Å²) in [5.41, 5.74) is 0. The summed E-state index contributed by atoms with van der Waals surface area (Å²) in [4.78, 5) is 10.4. The van der Waals surface area contributed by atoms with E-state index in [0.29, 0.717) is 6.42 Å².